The second kappa shape index (κ2) is 44.8. The third kappa shape index (κ3) is 23.6. The van der Waals surface area contributed by atoms with E-state index in [0.717, 1.165) is 63.1 Å². The van der Waals surface area contributed by atoms with Crippen LogP contribution in [0.5, 0.6) is 0 Å². The number of hydrogen-bond acceptors (Lipinski definition) is 15. The van der Waals surface area contributed by atoms with Crippen molar-refractivity contribution in [3.63, 3.8) is 0 Å². The first-order valence-electron chi connectivity index (χ1n) is 41.0. The number of anilines is 1. The summed E-state index contributed by atoms with van der Waals surface area (Å²) in [6, 6.07) is 73.7. The molecular formula is C89H84BrCl4F3IN11O4P2PdZn. The van der Waals surface area contributed by atoms with Crippen molar-refractivity contribution in [1.29, 1.82) is 0 Å². The number of halogens is 9. The molecule has 0 unspecified atom stereocenters. The van der Waals surface area contributed by atoms with Crippen LogP contribution in [0, 0.1) is 80.1 Å². The molecule has 28 heteroatoms. The first kappa shape index (κ1) is 79.4. The van der Waals surface area contributed by atoms with Crippen molar-refractivity contribution in [2.45, 2.75) is 106 Å². The van der Waals surface area contributed by atoms with Crippen molar-refractivity contribution in [3.05, 3.63) is 303 Å². The van der Waals surface area contributed by atoms with Gasteiger partial charge in [-0.15, -0.1) is 0 Å². The summed E-state index contributed by atoms with van der Waals surface area (Å²) in [4.78, 5) is 27.8. The molecule has 117 heavy (non-hydrogen) atoms. The molecule has 0 saturated carbocycles. The molecule has 1 N–H and O–H groups in total. The maximum absolute atomic E-state index is 15.3. The fourth-order valence-electron chi connectivity index (χ4n) is 13.7. The molecule has 9 aromatic carbocycles. The summed E-state index contributed by atoms with van der Waals surface area (Å²) in [6.07, 6.45) is 3.89. The molecule has 17 rings (SSSR count). The predicted octanol–water partition coefficient (Wildman–Crippen LogP) is 22.5. The molecule has 0 aliphatic carbocycles. The Balaban J connectivity index is 0.000000164. The zero-order valence-corrected chi connectivity index (χ0v) is 77.5. The minimum absolute atomic E-state index is 0.000451. The predicted molar refractivity (Wildman–Crippen MR) is 480 cm³/mol. The van der Waals surface area contributed by atoms with Crippen molar-refractivity contribution < 1.29 is 74.5 Å². The first-order chi connectivity index (χ1) is 60.3. The van der Waals surface area contributed by atoms with Crippen LogP contribution >= 0.6 is 93.8 Å². The molecule has 0 amide bonds. The van der Waals surface area contributed by atoms with E-state index in [4.69, 9.17) is 77.9 Å². The topological polar surface area (TPSA) is 180 Å². The van der Waals surface area contributed by atoms with E-state index in [2.05, 4.69) is 275 Å². The van der Waals surface area contributed by atoms with E-state index in [0.29, 0.717) is 89.7 Å². The standard InChI is InChI=1S/C25H32FN5O2.2C18H15P.C14H11ClFN3O.C13H8BrClFN3O.CH3.2ClH.HI.Pd.Zn/c1-14-11-20-16(3)22(25-27-17(4)30-33-25)24(29-23(20)21(26)12-14)31-8-5-19(13-15(31)2)28-18-6-9-32-10-7-18;2*1-4-10-16(11-5-1)19(17-12-6-2-7-13-17)18-14-8-3-9-15-18;1-6-4-9-7(2)11(14-17-8(3)19-20-14)13(15)18-12(9)10(16)5-6;1-5-8-3-7(14)4-9(16)11(8)18-12(15)10(5)13-17-6(2)19-20-13;;;;;;/h11-12,15,18-19,28H,5-10,13H2,1-4H3;2*1-15H;4-5H,1-3H3;3-4H,1-2H3;1H3;3*1H;;/q;;;;;-1;;;;2*+2/p-3/t15-,19-;;;;;;;;;;/m1........../s1/i1D3;;;1D3;;1D3;;;;;. The average molecular weight is 2020 g/mol. The van der Waals surface area contributed by atoms with Gasteiger partial charge in [0.25, 0.3) is 17.7 Å². The van der Waals surface area contributed by atoms with Gasteiger partial charge in [0.1, 0.15) is 44.3 Å². The molecule has 15 nitrogen and oxygen atoms in total. The van der Waals surface area contributed by atoms with E-state index in [1.54, 1.807) is 33.8 Å². The zero-order valence-electron chi connectivity index (χ0n) is 73.4. The molecule has 0 radical (unpaired) electrons. The van der Waals surface area contributed by atoms with Crippen molar-refractivity contribution >= 4 is 164 Å². The normalized spacial score (nSPS) is 15.1. The monoisotopic (exact) mass is 2010 g/mol. The molecule has 0 spiro atoms. The van der Waals surface area contributed by atoms with E-state index in [1.165, 1.54) is 64.8 Å². The van der Waals surface area contributed by atoms with Gasteiger partial charge in [0.2, 0.25) is 0 Å². The molecule has 0 bridgehead atoms. The molecule has 2 saturated heterocycles. The number of rotatable bonds is 12. The van der Waals surface area contributed by atoms with Crippen LogP contribution in [0.25, 0.3) is 67.1 Å². The smallest absolute Gasteiger partial charge is 0.0134 e. The van der Waals surface area contributed by atoms with Gasteiger partial charge in [-0.2, -0.15) is 15.0 Å². The van der Waals surface area contributed by atoms with E-state index in [1.807, 2.05) is 13.8 Å². The van der Waals surface area contributed by atoms with Crippen LogP contribution in [-0.2, 0) is 35.5 Å². The number of nitrogens with one attached hydrogen (secondary N) is 1. The van der Waals surface area contributed by atoms with Crippen LogP contribution in [0.1, 0.15) is 90.2 Å². The van der Waals surface area contributed by atoms with E-state index < -0.39 is 54.4 Å². The molecule has 15 aromatic rings. The van der Waals surface area contributed by atoms with Gasteiger partial charge < -0.3 is 35.9 Å². The van der Waals surface area contributed by atoms with Gasteiger partial charge in [0, 0.05) is 66.7 Å². The van der Waals surface area contributed by atoms with Gasteiger partial charge in [-0.05, 0) is 200 Å². The van der Waals surface area contributed by atoms with Gasteiger partial charge in [-0.1, -0.05) is 237 Å². The summed E-state index contributed by atoms with van der Waals surface area (Å²) in [5.41, 5.74) is 3.62. The Morgan fingerprint density at radius 1 is 0.496 bits per heavy atom. The Morgan fingerprint density at radius 2 is 0.821 bits per heavy atom. The Labute approximate surface area is 751 Å². The number of ether oxygens (including phenoxy) is 1. The van der Waals surface area contributed by atoms with Crippen molar-refractivity contribution in [1.82, 2.24) is 50.7 Å². The number of hydrogen-bond donors (Lipinski definition) is 1. The van der Waals surface area contributed by atoms with Crippen LogP contribution < -0.4 is 42.0 Å². The number of pyridine rings is 3. The fourth-order valence-corrected chi connectivity index (χ4v) is 19.3. The van der Waals surface area contributed by atoms with E-state index >= 15 is 4.39 Å². The van der Waals surface area contributed by atoms with E-state index in [9.17, 15) is 8.78 Å². The van der Waals surface area contributed by atoms with Crippen LogP contribution in [-0.4, -0.2) is 83.3 Å². The van der Waals surface area contributed by atoms with E-state index in [-0.39, 0.29) is 71.7 Å². The number of aromatic nitrogens is 9. The quantitative estimate of drug-likeness (QED) is 0.0401. The maximum Gasteiger partial charge on any atom is -0.0134 e. The van der Waals surface area contributed by atoms with Crippen molar-refractivity contribution in [2.24, 2.45) is 0 Å². The zero-order chi connectivity index (χ0) is 91.1. The summed E-state index contributed by atoms with van der Waals surface area (Å²) in [6.45, 7) is 10.0. The molecule has 2 aliphatic heterocycles. The summed E-state index contributed by atoms with van der Waals surface area (Å²) in [7, 11) is 7.90. The van der Waals surface area contributed by atoms with Crippen molar-refractivity contribution in [2.75, 3.05) is 24.7 Å². The van der Waals surface area contributed by atoms with Gasteiger partial charge in [0.05, 0.1) is 16.7 Å². The van der Waals surface area contributed by atoms with Crippen LogP contribution in [0.3, 0.4) is 0 Å². The van der Waals surface area contributed by atoms with Gasteiger partial charge >= 0.3 is 69.5 Å². The SMILES string of the molecule is Cc1noc(-c2c(Cl)nc3c(F)cc(Br)cc3c2C)n1.[2H]C([2H])([2H])c1cc(F)c2nc(Cl)c(-c3nc(C)no3)c(C)c2c1.[2H]C([2H])([2H])c1cc(F)c2nc(N3CC[C@@H](NC4CCOCC4)C[C@H]3C)c(-c3nc(C)no3)c(C)c2c1.[2H][C-]([2H])[2H].[Cl][Pd][Cl].[Zn+][I].c1ccc(P(c2ccccc2)c2ccccc2)cc1.c1ccc(P(c2ccccc2)c2ccccc2)cc1. The number of nitrogens with zero attached hydrogens (tertiary/aromatic N) is 10. The molecule has 8 heterocycles. The van der Waals surface area contributed by atoms with Crippen LogP contribution in [0.2, 0.25) is 10.3 Å². The third-order valence-electron chi connectivity index (χ3n) is 18.9. The Bertz CT molecular complexity index is 5750. The van der Waals surface area contributed by atoms with Crippen molar-refractivity contribution in [3.8, 4) is 34.4 Å². The second-order valence-electron chi connectivity index (χ2n) is 26.7. The number of fused-ring (bicyclic) bond motifs is 3. The molecule has 2 aliphatic rings. The summed E-state index contributed by atoms with van der Waals surface area (Å²) in [5.74, 6) is 0.863. The molecule has 604 valence electrons. The van der Waals surface area contributed by atoms with Gasteiger partial charge in [-0.25, -0.2) is 32.2 Å². The second-order valence-corrected chi connectivity index (χ2v) is 35.2. The molecule has 2 fully saturated rings. The third-order valence-corrected chi connectivity index (χ3v) is 24.8. The Hall–Kier alpha value is -7.34. The number of benzene rings is 9. The van der Waals surface area contributed by atoms with Crippen LogP contribution in [0.4, 0.5) is 19.0 Å². The summed E-state index contributed by atoms with van der Waals surface area (Å²) >= 11 is 19.1. The average Bonchev–Trinajstić information content (AvgIpc) is 1.16. The largest absolute Gasteiger partial charge is 0.0622 e. The molecule has 6 aromatic heterocycles. The fraction of sp³-hybridized carbons (Fsp3) is 0.213. The number of aryl methyl sites for hydroxylation is 8. The minimum Gasteiger partial charge on any atom is -0.0622 e. The summed E-state index contributed by atoms with van der Waals surface area (Å²) in [5, 5.41) is 25.1. The summed E-state index contributed by atoms with van der Waals surface area (Å²) < 4.78 is 128. The Morgan fingerprint density at radius 3 is 1.15 bits per heavy atom. The maximum atomic E-state index is 15.3. The Kier molecular flexibility index (Phi) is 30.4. The minimum atomic E-state index is -2.44. The van der Waals surface area contributed by atoms with Crippen LogP contribution in [0.15, 0.2) is 236 Å². The molecule has 2 atom stereocenters. The molecular weight excluding hydrogens is 1930 g/mol. The number of piperidine rings is 1. The first-order valence-corrected chi connectivity index (χ1v) is 53.8. The van der Waals surface area contributed by atoms with Gasteiger partial charge in [-0.3, -0.25) is 0 Å². The van der Waals surface area contributed by atoms with Gasteiger partial charge in [0.15, 0.2) is 23.3 Å².